The molecule has 5 aromatic rings. The van der Waals surface area contributed by atoms with Crippen LogP contribution in [0.3, 0.4) is 0 Å². The number of rotatable bonds is 4. The van der Waals surface area contributed by atoms with E-state index in [1.54, 1.807) is 0 Å². The van der Waals surface area contributed by atoms with E-state index in [2.05, 4.69) is 22.2 Å². The van der Waals surface area contributed by atoms with Crippen LogP contribution in [-0.2, 0) is 6.61 Å². The summed E-state index contributed by atoms with van der Waals surface area (Å²) >= 11 is 0. The Balaban J connectivity index is 1.43. The molecule has 0 bridgehead atoms. The molecule has 0 aliphatic carbocycles. The molecular weight excluding hydrogens is 334 g/mol. The monoisotopic (exact) mass is 351 g/mol. The third-order valence-electron chi connectivity index (χ3n) is 4.59. The van der Waals surface area contributed by atoms with E-state index in [1.165, 1.54) is 0 Å². The standard InChI is InChI=1S/C23H17N3O/c1-2-7-20(8-3-1)26-23-14-21(13-11-18(23)15-24-26)27-16-19-12-10-17-6-4-5-9-22(17)25-19/h1-15H,16H2. The Hall–Kier alpha value is -3.66. The van der Waals surface area contributed by atoms with Gasteiger partial charge in [0, 0.05) is 16.8 Å². The Morgan fingerprint density at radius 1 is 0.778 bits per heavy atom. The van der Waals surface area contributed by atoms with Crippen molar-refractivity contribution in [2.75, 3.05) is 0 Å². The van der Waals surface area contributed by atoms with Gasteiger partial charge in [-0.1, -0.05) is 42.5 Å². The molecule has 0 atom stereocenters. The van der Waals surface area contributed by atoms with Gasteiger partial charge in [0.2, 0.25) is 0 Å². The van der Waals surface area contributed by atoms with Crippen molar-refractivity contribution >= 4 is 21.8 Å². The van der Waals surface area contributed by atoms with Gasteiger partial charge in [-0.2, -0.15) is 5.10 Å². The molecule has 4 heteroatoms. The van der Waals surface area contributed by atoms with Gasteiger partial charge in [0.05, 0.1) is 28.6 Å². The van der Waals surface area contributed by atoms with Gasteiger partial charge in [-0.3, -0.25) is 0 Å². The van der Waals surface area contributed by atoms with E-state index in [0.717, 1.165) is 38.9 Å². The summed E-state index contributed by atoms with van der Waals surface area (Å²) in [6.45, 7) is 0.426. The van der Waals surface area contributed by atoms with E-state index < -0.39 is 0 Å². The topological polar surface area (TPSA) is 39.9 Å². The van der Waals surface area contributed by atoms with Crippen LogP contribution in [0.4, 0.5) is 0 Å². The van der Waals surface area contributed by atoms with E-state index in [9.17, 15) is 0 Å². The third-order valence-corrected chi connectivity index (χ3v) is 4.59. The van der Waals surface area contributed by atoms with Gasteiger partial charge in [0.25, 0.3) is 0 Å². The summed E-state index contributed by atoms with van der Waals surface area (Å²) in [6, 6.07) is 28.3. The summed E-state index contributed by atoms with van der Waals surface area (Å²) in [5.41, 5.74) is 3.94. The molecule has 2 aromatic heterocycles. The van der Waals surface area contributed by atoms with Crippen LogP contribution in [0.25, 0.3) is 27.5 Å². The zero-order chi connectivity index (χ0) is 18.1. The number of nitrogens with zero attached hydrogens (tertiary/aromatic N) is 3. The first-order valence-electron chi connectivity index (χ1n) is 8.87. The number of pyridine rings is 1. The van der Waals surface area contributed by atoms with Crippen molar-refractivity contribution in [3.05, 3.63) is 96.8 Å². The predicted molar refractivity (Wildman–Crippen MR) is 107 cm³/mol. The van der Waals surface area contributed by atoms with Gasteiger partial charge in [-0.05, 0) is 36.4 Å². The summed E-state index contributed by atoms with van der Waals surface area (Å²) in [4.78, 5) is 4.67. The molecule has 0 aliphatic heterocycles. The first kappa shape index (κ1) is 15.6. The van der Waals surface area contributed by atoms with Gasteiger partial charge in [0.15, 0.2) is 0 Å². The molecule has 0 saturated carbocycles. The molecule has 0 amide bonds. The molecule has 4 nitrogen and oxygen atoms in total. The maximum absolute atomic E-state index is 6.01. The maximum atomic E-state index is 6.01. The Bertz CT molecular complexity index is 1230. The number of benzene rings is 3. The van der Waals surface area contributed by atoms with E-state index in [4.69, 9.17) is 4.74 Å². The van der Waals surface area contributed by atoms with Crippen LogP contribution in [0.5, 0.6) is 5.75 Å². The Labute approximate surface area is 156 Å². The molecule has 0 radical (unpaired) electrons. The summed E-state index contributed by atoms with van der Waals surface area (Å²) < 4.78 is 7.93. The van der Waals surface area contributed by atoms with Crippen LogP contribution in [-0.4, -0.2) is 14.8 Å². The van der Waals surface area contributed by atoms with Crippen molar-refractivity contribution in [2.45, 2.75) is 6.61 Å². The van der Waals surface area contributed by atoms with Crippen LogP contribution >= 0.6 is 0 Å². The fraction of sp³-hybridized carbons (Fsp3) is 0.0435. The first-order chi connectivity index (χ1) is 13.4. The third kappa shape index (κ3) is 3.02. The van der Waals surface area contributed by atoms with E-state index in [1.807, 2.05) is 83.7 Å². The molecule has 0 fully saturated rings. The minimum Gasteiger partial charge on any atom is -0.487 e. The highest BCUT2D eigenvalue weighted by Gasteiger charge is 2.07. The number of hydrogen-bond donors (Lipinski definition) is 0. The normalized spacial score (nSPS) is 11.1. The van der Waals surface area contributed by atoms with Crippen LogP contribution < -0.4 is 4.74 Å². The Morgan fingerprint density at radius 3 is 2.52 bits per heavy atom. The van der Waals surface area contributed by atoms with E-state index in [-0.39, 0.29) is 0 Å². The van der Waals surface area contributed by atoms with Gasteiger partial charge in [-0.15, -0.1) is 0 Å². The SMILES string of the molecule is c1ccc(-n2ncc3ccc(OCc4ccc5ccccc5n4)cc32)cc1. The van der Waals surface area contributed by atoms with Crippen molar-refractivity contribution < 1.29 is 4.74 Å². The number of para-hydroxylation sites is 2. The van der Waals surface area contributed by atoms with Crippen molar-refractivity contribution in [3.8, 4) is 11.4 Å². The minimum atomic E-state index is 0.426. The summed E-state index contributed by atoms with van der Waals surface area (Å²) in [6.07, 6.45) is 1.87. The van der Waals surface area contributed by atoms with Gasteiger partial charge < -0.3 is 4.74 Å². The van der Waals surface area contributed by atoms with Crippen LogP contribution in [0, 0.1) is 0 Å². The van der Waals surface area contributed by atoms with E-state index >= 15 is 0 Å². The highest BCUT2D eigenvalue weighted by molar-refractivity contribution is 5.81. The molecule has 3 aromatic carbocycles. The second-order valence-electron chi connectivity index (χ2n) is 6.40. The quantitative estimate of drug-likeness (QED) is 0.449. The second kappa shape index (κ2) is 6.57. The van der Waals surface area contributed by atoms with Crippen molar-refractivity contribution in [1.29, 1.82) is 0 Å². The molecular formula is C23H17N3O. The number of fused-ring (bicyclic) bond motifs is 2. The number of hydrogen-bond acceptors (Lipinski definition) is 3. The first-order valence-corrected chi connectivity index (χ1v) is 8.87. The van der Waals surface area contributed by atoms with Gasteiger partial charge in [-0.25, -0.2) is 9.67 Å². The average Bonchev–Trinajstić information content (AvgIpc) is 3.16. The summed E-state index contributed by atoms with van der Waals surface area (Å²) in [5, 5.41) is 6.72. The highest BCUT2D eigenvalue weighted by atomic mass is 16.5. The fourth-order valence-electron chi connectivity index (χ4n) is 3.21. The zero-order valence-corrected chi connectivity index (χ0v) is 14.6. The van der Waals surface area contributed by atoms with Crippen molar-refractivity contribution in [3.63, 3.8) is 0 Å². The van der Waals surface area contributed by atoms with Crippen LogP contribution in [0.2, 0.25) is 0 Å². The lowest BCUT2D eigenvalue weighted by molar-refractivity contribution is 0.302. The molecule has 0 spiro atoms. The number of aromatic nitrogens is 3. The minimum absolute atomic E-state index is 0.426. The average molecular weight is 351 g/mol. The Morgan fingerprint density at radius 2 is 1.59 bits per heavy atom. The zero-order valence-electron chi connectivity index (χ0n) is 14.6. The van der Waals surface area contributed by atoms with Crippen molar-refractivity contribution in [2.24, 2.45) is 0 Å². The molecule has 2 heterocycles. The van der Waals surface area contributed by atoms with E-state index in [0.29, 0.717) is 6.61 Å². The van der Waals surface area contributed by atoms with Crippen molar-refractivity contribution in [1.82, 2.24) is 14.8 Å². The lowest BCUT2D eigenvalue weighted by Crippen LogP contribution is -1.99. The number of ether oxygens (including phenoxy) is 1. The van der Waals surface area contributed by atoms with Crippen LogP contribution in [0.1, 0.15) is 5.69 Å². The Kier molecular flexibility index (Phi) is 3.79. The largest absolute Gasteiger partial charge is 0.487 e. The molecule has 27 heavy (non-hydrogen) atoms. The molecule has 0 N–H and O–H groups in total. The summed E-state index contributed by atoms with van der Waals surface area (Å²) in [5.74, 6) is 0.801. The molecule has 0 unspecified atom stereocenters. The lowest BCUT2D eigenvalue weighted by Gasteiger charge is -2.08. The smallest absolute Gasteiger partial charge is 0.130 e. The summed E-state index contributed by atoms with van der Waals surface area (Å²) in [7, 11) is 0. The van der Waals surface area contributed by atoms with Gasteiger partial charge >= 0.3 is 0 Å². The van der Waals surface area contributed by atoms with Crippen LogP contribution in [0.15, 0.2) is 91.1 Å². The second-order valence-corrected chi connectivity index (χ2v) is 6.40. The lowest BCUT2D eigenvalue weighted by atomic mass is 10.2. The molecule has 0 saturated heterocycles. The maximum Gasteiger partial charge on any atom is 0.130 e. The predicted octanol–water partition coefficient (Wildman–Crippen LogP) is 5.15. The molecule has 5 rings (SSSR count). The highest BCUT2D eigenvalue weighted by Crippen LogP contribution is 2.24. The molecule has 0 aliphatic rings. The fourth-order valence-corrected chi connectivity index (χ4v) is 3.21. The molecule has 130 valence electrons. The van der Waals surface area contributed by atoms with Gasteiger partial charge in [0.1, 0.15) is 12.4 Å².